The highest BCUT2D eigenvalue weighted by atomic mass is 19.1. The molecule has 2 fully saturated rings. The molecule has 1 amide bonds. The van der Waals surface area contributed by atoms with E-state index >= 15 is 0 Å². The number of furan rings is 1. The molecule has 0 aromatic carbocycles. The molecule has 0 unspecified atom stereocenters. The van der Waals surface area contributed by atoms with Gasteiger partial charge in [0.1, 0.15) is 12.0 Å². The van der Waals surface area contributed by atoms with Crippen LogP contribution in [0.2, 0.25) is 0 Å². The molecule has 0 spiro atoms. The quantitative estimate of drug-likeness (QED) is 0.846. The van der Waals surface area contributed by atoms with Gasteiger partial charge >= 0.3 is 0 Å². The third kappa shape index (κ3) is 4.22. The molecule has 4 rings (SSSR count). The molecule has 0 saturated carbocycles. The van der Waals surface area contributed by atoms with Crippen LogP contribution in [0.4, 0.5) is 21.7 Å². The average Bonchev–Trinajstić information content (AvgIpc) is 3.22. The normalized spacial score (nSPS) is 20.0. The van der Waals surface area contributed by atoms with Crippen molar-refractivity contribution >= 4 is 23.2 Å². The molecule has 2 aromatic rings. The number of carbonyl (C=O) groups is 1. The summed E-state index contributed by atoms with van der Waals surface area (Å²) in [6, 6.07) is 3.72. The van der Waals surface area contributed by atoms with Crippen molar-refractivity contribution in [2.75, 3.05) is 54.5 Å². The van der Waals surface area contributed by atoms with Gasteiger partial charge < -0.3 is 24.3 Å². The summed E-state index contributed by atoms with van der Waals surface area (Å²) in [7, 11) is 0. The third-order valence-corrected chi connectivity index (χ3v) is 5.47. The van der Waals surface area contributed by atoms with Crippen LogP contribution >= 0.6 is 0 Å². The van der Waals surface area contributed by atoms with Crippen LogP contribution in [0.5, 0.6) is 0 Å². The first-order valence-electron chi connectivity index (χ1n) is 10.1. The summed E-state index contributed by atoms with van der Waals surface area (Å²) in [5.41, 5.74) is 2.26. The molecule has 1 atom stereocenters. The van der Waals surface area contributed by atoms with E-state index in [0.717, 1.165) is 43.1 Å². The van der Waals surface area contributed by atoms with Crippen molar-refractivity contribution in [2.24, 2.45) is 0 Å². The van der Waals surface area contributed by atoms with Gasteiger partial charge in [0.2, 0.25) is 0 Å². The Morgan fingerprint density at radius 3 is 2.79 bits per heavy atom. The van der Waals surface area contributed by atoms with Gasteiger partial charge in [-0.15, -0.1) is 0 Å². The van der Waals surface area contributed by atoms with Crippen LogP contribution in [-0.2, 0) is 4.74 Å². The lowest BCUT2D eigenvalue weighted by Crippen LogP contribution is -2.29. The van der Waals surface area contributed by atoms with Gasteiger partial charge in [-0.2, -0.15) is 0 Å². The largest absolute Gasteiger partial charge is 0.459 e. The summed E-state index contributed by atoms with van der Waals surface area (Å²) in [5.74, 6) is 1.39. The number of ether oxygens (including phenoxy) is 1. The Bertz CT molecular complexity index is 877. The predicted octanol–water partition coefficient (Wildman–Crippen LogP) is 3.32. The van der Waals surface area contributed by atoms with Crippen LogP contribution in [0.1, 0.15) is 34.5 Å². The predicted molar refractivity (Wildman–Crippen MR) is 110 cm³/mol. The van der Waals surface area contributed by atoms with E-state index in [9.17, 15) is 9.18 Å². The molecule has 1 N–H and O–H groups in total. The Morgan fingerprint density at radius 1 is 1.21 bits per heavy atom. The number of hydrogen-bond donors (Lipinski definition) is 1. The molecule has 2 aliphatic rings. The summed E-state index contributed by atoms with van der Waals surface area (Å²) < 4.78 is 24.8. The van der Waals surface area contributed by atoms with E-state index in [0.29, 0.717) is 31.1 Å². The number of nitrogens with zero attached hydrogens (tertiary/aromatic N) is 3. The highest BCUT2D eigenvalue weighted by molar-refractivity contribution is 6.05. The lowest BCUT2D eigenvalue weighted by atomic mass is 10.2. The first-order valence-corrected chi connectivity index (χ1v) is 10.1. The number of pyridine rings is 1. The average molecular weight is 402 g/mol. The van der Waals surface area contributed by atoms with Gasteiger partial charge in [0.05, 0.1) is 25.1 Å². The monoisotopic (exact) mass is 402 g/mol. The number of rotatable bonds is 4. The first kappa shape index (κ1) is 19.7. The van der Waals surface area contributed by atoms with Gasteiger partial charge in [-0.05, 0) is 44.4 Å². The standard InChI is InChI=1S/C21H27FN4O3/c1-14-5-10-29-19(14)21(27)24-18-15(2)12-17(25-6-3-9-28-11-8-25)23-20(18)26-7-4-16(22)13-26/h5,10,12,16H,3-4,6-9,11,13H2,1-2H3,(H,24,27)/t16-/m1/s1. The maximum atomic E-state index is 13.9. The fraction of sp³-hybridized carbons (Fsp3) is 0.524. The minimum Gasteiger partial charge on any atom is -0.459 e. The van der Waals surface area contributed by atoms with Gasteiger partial charge in [0, 0.05) is 31.8 Å². The molecule has 0 radical (unpaired) electrons. The number of halogens is 1. The summed E-state index contributed by atoms with van der Waals surface area (Å²) in [6.45, 7) is 7.63. The van der Waals surface area contributed by atoms with Crippen molar-refractivity contribution in [1.29, 1.82) is 0 Å². The van der Waals surface area contributed by atoms with E-state index in [2.05, 4.69) is 10.2 Å². The highest BCUT2D eigenvalue weighted by Crippen LogP contribution is 2.34. The molecule has 29 heavy (non-hydrogen) atoms. The Hall–Kier alpha value is -2.61. The topological polar surface area (TPSA) is 70.8 Å². The van der Waals surface area contributed by atoms with E-state index in [1.165, 1.54) is 6.26 Å². The summed E-state index contributed by atoms with van der Waals surface area (Å²) in [6.07, 6.45) is 2.01. The van der Waals surface area contributed by atoms with Crippen molar-refractivity contribution in [2.45, 2.75) is 32.9 Å². The smallest absolute Gasteiger partial charge is 0.291 e. The number of alkyl halides is 1. The molecule has 156 valence electrons. The molecular formula is C21H27FN4O3. The maximum absolute atomic E-state index is 13.9. The van der Waals surface area contributed by atoms with Gasteiger partial charge in [-0.3, -0.25) is 4.79 Å². The van der Waals surface area contributed by atoms with Crippen LogP contribution in [0.3, 0.4) is 0 Å². The van der Waals surface area contributed by atoms with Crippen LogP contribution in [0.25, 0.3) is 0 Å². The summed E-state index contributed by atoms with van der Waals surface area (Å²) in [5, 5.41) is 2.95. The number of aryl methyl sites for hydroxylation is 2. The minimum atomic E-state index is -0.886. The van der Waals surface area contributed by atoms with Crippen molar-refractivity contribution in [1.82, 2.24) is 4.98 Å². The van der Waals surface area contributed by atoms with Crippen LogP contribution in [0, 0.1) is 13.8 Å². The number of anilines is 3. The van der Waals surface area contributed by atoms with Crippen molar-refractivity contribution in [3.05, 3.63) is 35.3 Å². The van der Waals surface area contributed by atoms with Gasteiger partial charge in [0.25, 0.3) is 5.91 Å². The van der Waals surface area contributed by atoms with E-state index in [-0.39, 0.29) is 18.2 Å². The second-order valence-corrected chi connectivity index (χ2v) is 7.67. The van der Waals surface area contributed by atoms with E-state index in [4.69, 9.17) is 14.1 Å². The highest BCUT2D eigenvalue weighted by Gasteiger charge is 2.28. The zero-order valence-corrected chi connectivity index (χ0v) is 16.9. The summed E-state index contributed by atoms with van der Waals surface area (Å²) in [4.78, 5) is 21.7. The molecular weight excluding hydrogens is 375 g/mol. The van der Waals surface area contributed by atoms with Crippen LogP contribution < -0.4 is 15.1 Å². The van der Waals surface area contributed by atoms with Crippen molar-refractivity contribution in [3.63, 3.8) is 0 Å². The Labute approximate surface area is 169 Å². The van der Waals surface area contributed by atoms with Crippen LogP contribution in [-0.4, -0.2) is 56.5 Å². The Kier molecular flexibility index (Phi) is 5.71. The van der Waals surface area contributed by atoms with E-state index < -0.39 is 6.17 Å². The molecule has 7 nitrogen and oxygen atoms in total. The lowest BCUT2D eigenvalue weighted by molar-refractivity contribution is 0.0995. The van der Waals surface area contributed by atoms with E-state index in [1.54, 1.807) is 6.07 Å². The number of carbonyl (C=O) groups excluding carboxylic acids is 1. The maximum Gasteiger partial charge on any atom is 0.291 e. The SMILES string of the molecule is Cc1ccoc1C(=O)Nc1c(C)cc(N2CCCOCC2)nc1N1CC[C@@H](F)C1. The number of hydrogen-bond acceptors (Lipinski definition) is 6. The fourth-order valence-corrected chi connectivity index (χ4v) is 3.84. The van der Waals surface area contributed by atoms with Crippen molar-refractivity contribution < 1.29 is 18.3 Å². The molecule has 0 aliphatic carbocycles. The fourth-order valence-electron chi connectivity index (χ4n) is 3.84. The van der Waals surface area contributed by atoms with Gasteiger partial charge in [0.15, 0.2) is 11.6 Å². The first-order chi connectivity index (χ1) is 14.0. The van der Waals surface area contributed by atoms with Crippen molar-refractivity contribution in [3.8, 4) is 0 Å². The molecule has 4 heterocycles. The molecule has 2 aliphatic heterocycles. The second-order valence-electron chi connectivity index (χ2n) is 7.67. The third-order valence-electron chi connectivity index (χ3n) is 5.47. The Morgan fingerprint density at radius 2 is 2.07 bits per heavy atom. The number of aromatic nitrogens is 1. The van der Waals surface area contributed by atoms with Gasteiger partial charge in [-0.25, -0.2) is 9.37 Å². The molecule has 0 bridgehead atoms. The van der Waals surface area contributed by atoms with E-state index in [1.807, 2.05) is 24.8 Å². The number of amides is 1. The van der Waals surface area contributed by atoms with Crippen LogP contribution in [0.15, 0.2) is 22.8 Å². The lowest BCUT2D eigenvalue weighted by Gasteiger charge is -2.27. The minimum absolute atomic E-state index is 0.272. The molecule has 8 heteroatoms. The second kappa shape index (κ2) is 8.41. The molecule has 2 aromatic heterocycles. The zero-order chi connectivity index (χ0) is 20.4. The Balaban J connectivity index is 1.69. The molecule has 2 saturated heterocycles. The zero-order valence-electron chi connectivity index (χ0n) is 16.9. The summed E-state index contributed by atoms with van der Waals surface area (Å²) >= 11 is 0. The van der Waals surface area contributed by atoms with Gasteiger partial charge in [-0.1, -0.05) is 0 Å². The number of nitrogens with one attached hydrogen (secondary N) is 1.